The van der Waals surface area contributed by atoms with Crippen LogP contribution in [0, 0.1) is 5.92 Å². The summed E-state index contributed by atoms with van der Waals surface area (Å²) in [5.41, 5.74) is 2.54. The summed E-state index contributed by atoms with van der Waals surface area (Å²) in [6, 6.07) is 8.84. The zero-order chi connectivity index (χ0) is 13.8. The lowest BCUT2D eigenvalue weighted by Crippen LogP contribution is -2.37. The zero-order valence-corrected chi connectivity index (χ0v) is 12.1. The van der Waals surface area contributed by atoms with Crippen LogP contribution in [0.1, 0.15) is 31.4 Å². The summed E-state index contributed by atoms with van der Waals surface area (Å²) in [6.45, 7) is 5.90. The topological polar surface area (TPSA) is 32.3 Å². The fourth-order valence-electron chi connectivity index (χ4n) is 2.71. The van der Waals surface area contributed by atoms with Gasteiger partial charge in [-0.15, -0.1) is 0 Å². The predicted octanol–water partition coefficient (Wildman–Crippen LogP) is 2.21. The van der Waals surface area contributed by atoms with Crippen LogP contribution in [0.25, 0.3) is 0 Å². The third-order valence-electron chi connectivity index (χ3n) is 4.07. The summed E-state index contributed by atoms with van der Waals surface area (Å²) in [5, 5.41) is 3.34. The molecule has 104 valence electrons. The van der Waals surface area contributed by atoms with Gasteiger partial charge in [-0.3, -0.25) is 4.79 Å². The molecule has 1 aliphatic rings. The molecule has 0 spiro atoms. The maximum absolute atomic E-state index is 12.4. The lowest BCUT2D eigenvalue weighted by molar-refractivity contribution is -0.134. The Hall–Kier alpha value is -1.35. The van der Waals surface area contributed by atoms with Crippen molar-refractivity contribution in [3.8, 4) is 0 Å². The lowest BCUT2D eigenvalue weighted by Gasteiger charge is -2.23. The standard InChI is InChI=1S/C16H24N2O/c1-4-13-5-7-14(8-6-13)11-18(3)16(19)15-9-10-17-12(15)2/h5-8,12,15,17H,4,9-11H2,1-3H3. The van der Waals surface area contributed by atoms with E-state index in [4.69, 9.17) is 0 Å². The van der Waals surface area contributed by atoms with E-state index in [1.807, 2.05) is 11.9 Å². The van der Waals surface area contributed by atoms with Crippen LogP contribution < -0.4 is 5.32 Å². The van der Waals surface area contributed by atoms with Gasteiger partial charge in [-0.25, -0.2) is 0 Å². The van der Waals surface area contributed by atoms with Crippen LogP contribution in [0.2, 0.25) is 0 Å². The van der Waals surface area contributed by atoms with Crippen LogP contribution in [-0.2, 0) is 17.8 Å². The number of carbonyl (C=O) groups excluding carboxylic acids is 1. The van der Waals surface area contributed by atoms with Crippen molar-refractivity contribution in [2.75, 3.05) is 13.6 Å². The van der Waals surface area contributed by atoms with Crippen LogP contribution >= 0.6 is 0 Å². The first-order valence-electron chi connectivity index (χ1n) is 7.18. The fraction of sp³-hybridized carbons (Fsp3) is 0.562. The van der Waals surface area contributed by atoms with Crippen molar-refractivity contribution >= 4 is 5.91 Å². The highest BCUT2D eigenvalue weighted by Gasteiger charge is 2.31. The van der Waals surface area contributed by atoms with E-state index in [2.05, 4.69) is 43.4 Å². The van der Waals surface area contributed by atoms with Crippen molar-refractivity contribution in [2.24, 2.45) is 5.92 Å². The number of benzene rings is 1. The molecule has 0 bridgehead atoms. The number of rotatable bonds is 4. The second-order valence-corrected chi connectivity index (χ2v) is 5.50. The van der Waals surface area contributed by atoms with Crippen LogP contribution in [0.3, 0.4) is 0 Å². The summed E-state index contributed by atoms with van der Waals surface area (Å²) < 4.78 is 0. The first-order chi connectivity index (χ1) is 9.11. The Kier molecular flexibility index (Phi) is 4.59. The number of nitrogens with one attached hydrogen (secondary N) is 1. The molecule has 1 N–H and O–H groups in total. The molecule has 2 unspecified atom stereocenters. The molecule has 2 atom stereocenters. The number of aryl methyl sites for hydroxylation is 1. The van der Waals surface area contributed by atoms with Crippen molar-refractivity contribution in [1.29, 1.82) is 0 Å². The molecule has 1 aliphatic heterocycles. The molecule has 1 aromatic rings. The Morgan fingerprint density at radius 3 is 2.47 bits per heavy atom. The van der Waals surface area contributed by atoms with E-state index >= 15 is 0 Å². The second-order valence-electron chi connectivity index (χ2n) is 5.50. The predicted molar refractivity (Wildman–Crippen MR) is 77.9 cm³/mol. The number of amides is 1. The van der Waals surface area contributed by atoms with Crippen molar-refractivity contribution < 1.29 is 4.79 Å². The molecule has 3 nitrogen and oxygen atoms in total. The number of nitrogens with zero attached hydrogens (tertiary/aromatic N) is 1. The Balaban J connectivity index is 1.95. The Morgan fingerprint density at radius 1 is 1.32 bits per heavy atom. The third-order valence-corrected chi connectivity index (χ3v) is 4.07. The molecule has 3 heteroatoms. The lowest BCUT2D eigenvalue weighted by atomic mass is 10.0. The van der Waals surface area contributed by atoms with Crippen LogP contribution in [-0.4, -0.2) is 30.4 Å². The van der Waals surface area contributed by atoms with E-state index in [1.54, 1.807) is 0 Å². The highest BCUT2D eigenvalue weighted by molar-refractivity contribution is 5.79. The molecule has 0 radical (unpaired) electrons. The quantitative estimate of drug-likeness (QED) is 0.900. The minimum Gasteiger partial charge on any atom is -0.341 e. The van der Waals surface area contributed by atoms with Gasteiger partial charge in [-0.1, -0.05) is 31.2 Å². The maximum Gasteiger partial charge on any atom is 0.227 e. The summed E-state index contributed by atoms with van der Waals surface area (Å²) in [7, 11) is 1.90. The van der Waals surface area contributed by atoms with Gasteiger partial charge in [0.1, 0.15) is 0 Å². The molecule has 1 aromatic carbocycles. The van der Waals surface area contributed by atoms with Gasteiger partial charge in [0.2, 0.25) is 5.91 Å². The van der Waals surface area contributed by atoms with Gasteiger partial charge < -0.3 is 10.2 Å². The van der Waals surface area contributed by atoms with E-state index in [1.165, 1.54) is 11.1 Å². The maximum atomic E-state index is 12.4. The van der Waals surface area contributed by atoms with Gasteiger partial charge in [-0.05, 0) is 37.4 Å². The van der Waals surface area contributed by atoms with Crippen molar-refractivity contribution in [3.05, 3.63) is 35.4 Å². The summed E-state index contributed by atoms with van der Waals surface area (Å²) in [4.78, 5) is 14.2. The van der Waals surface area contributed by atoms with Crippen molar-refractivity contribution in [3.63, 3.8) is 0 Å². The van der Waals surface area contributed by atoms with Gasteiger partial charge >= 0.3 is 0 Å². The zero-order valence-electron chi connectivity index (χ0n) is 12.1. The summed E-state index contributed by atoms with van der Waals surface area (Å²) in [6.07, 6.45) is 2.01. The number of hydrogen-bond donors (Lipinski definition) is 1. The van der Waals surface area contributed by atoms with Crippen molar-refractivity contribution in [2.45, 2.75) is 39.3 Å². The van der Waals surface area contributed by atoms with Gasteiger partial charge in [0.05, 0.1) is 5.92 Å². The molecule has 1 fully saturated rings. The Bertz CT molecular complexity index is 427. The monoisotopic (exact) mass is 260 g/mol. The average Bonchev–Trinajstić information content (AvgIpc) is 2.85. The van der Waals surface area contributed by atoms with Crippen LogP contribution in [0.5, 0.6) is 0 Å². The fourth-order valence-corrected chi connectivity index (χ4v) is 2.71. The smallest absolute Gasteiger partial charge is 0.227 e. The largest absolute Gasteiger partial charge is 0.341 e. The first kappa shape index (κ1) is 14.1. The van der Waals surface area contributed by atoms with Crippen LogP contribution in [0.4, 0.5) is 0 Å². The normalized spacial score (nSPS) is 22.5. The molecule has 0 aliphatic carbocycles. The SMILES string of the molecule is CCc1ccc(CN(C)C(=O)C2CCNC2C)cc1. The molecule has 0 saturated carbocycles. The van der Waals surface area contributed by atoms with Crippen molar-refractivity contribution in [1.82, 2.24) is 10.2 Å². The van der Waals surface area contributed by atoms with E-state index in [9.17, 15) is 4.79 Å². The molecular formula is C16H24N2O. The Labute approximate surface area is 116 Å². The highest BCUT2D eigenvalue weighted by Crippen LogP contribution is 2.18. The summed E-state index contributed by atoms with van der Waals surface area (Å²) >= 11 is 0. The van der Waals surface area contributed by atoms with Gasteiger partial charge in [0.15, 0.2) is 0 Å². The molecule has 0 aromatic heterocycles. The average molecular weight is 260 g/mol. The summed E-state index contributed by atoms with van der Waals surface area (Å²) in [5.74, 6) is 0.400. The van der Waals surface area contributed by atoms with Gasteiger partial charge in [0, 0.05) is 19.6 Å². The van der Waals surface area contributed by atoms with E-state index < -0.39 is 0 Å². The molecule has 1 saturated heterocycles. The Morgan fingerprint density at radius 2 is 1.95 bits per heavy atom. The first-order valence-corrected chi connectivity index (χ1v) is 7.18. The van der Waals surface area contributed by atoms with Crippen LogP contribution in [0.15, 0.2) is 24.3 Å². The van der Waals surface area contributed by atoms with E-state index in [0.717, 1.165) is 19.4 Å². The van der Waals surface area contributed by atoms with Gasteiger partial charge in [-0.2, -0.15) is 0 Å². The highest BCUT2D eigenvalue weighted by atomic mass is 16.2. The van der Waals surface area contributed by atoms with E-state index in [0.29, 0.717) is 12.6 Å². The number of hydrogen-bond acceptors (Lipinski definition) is 2. The molecule has 1 amide bonds. The number of carbonyl (C=O) groups is 1. The second kappa shape index (κ2) is 6.20. The molecule has 1 heterocycles. The minimum absolute atomic E-state index is 0.139. The third kappa shape index (κ3) is 3.35. The molecular weight excluding hydrogens is 236 g/mol. The molecule has 2 rings (SSSR count). The van der Waals surface area contributed by atoms with E-state index in [-0.39, 0.29) is 11.8 Å². The van der Waals surface area contributed by atoms with Gasteiger partial charge in [0.25, 0.3) is 0 Å². The molecule has 19 heavy (non-hydrogen) atoms. The minimum atomic E-state index is 0.139.